The molecule has 0 heteroatoms. The summed E-state index contributed by atoms with van der Waals surface area (Å²) in [5.41, 5.74) is 3.73. The molecule has 0 spiro atoms. The highest BCUT2D eigenvalue weighted by atomic mass is 14.4. The Morgan fingerprint density at radius 1 is 1.25 bits per heavy atom. The Bertz CT molecular complexity index is 214. The SMILES string of the molecule is CC.CC1=CC(C2(C)CC2)=CC1. The van der Waals surface area contributed by atoms with Crippen LogP contribution in [0.3, 0.4) is 0 Å². The van der Waals surface area contributed by atoms with Gasteiger partial charge in [-0.25, -0.2) is 0 Å². The van der Waals surface area contributed by atoms with Gasteiger partial charge in [-0.15, -0.1) is 0 Å². The van der Waals surface area contributed by atoms with Gasteiger partial charge >= 0.3 is 0 Å². The molecule has 68 valence electrons. The smallest absolute Gasteiger partial charge is 0.00777 e. The maximum Gasteiger partial charge on any atom is -0.00777 e. The summed E-state index contributed by atoms with van der Waals surface area (Å²) in [7, 11) is 0. The fourth-order valence-electron chi connectivity index (χ4n) is 1.55. The zero-order valence-electron chi connectivity index (χ0n) is 8.78. The molecule has 0 atom stereocenters. The van der Waals surface area contributed by atoms with Gasteiger partial charge in [-0.1, -0.05) is 38.5 Å². The fraction of sp³-hybridized carbons (Fsp3) is 0.667. The molecular weight excluding hydrogens is 144 g/mol. The Balaban J connectivity index is 0.000000336. The number of hydrogen-bond donors (Lipinski definition) is 0. The van der Waals surface area contributed by atoms with E-state index in [9.17, 15) is 0 Å². The van der Waals surface area contributed by atoms with Gasteiger partial charge in [0, 0.05) is 0 Å². The maximum atomic E-state index is 2.39. The topological polar surface area (TPSA) is 0 Å². The molecule has 2 aliphatic carbocycles. The lowest BCUT2D eigenvalue weighted by Gasteiger charge is -2.05. The van der Waals surface area contributed by atoms with E-state index in [4.69, 9.17) is 0 Å². The molecule has 0 heterocycles. The minimum Gasteiger partial charge on any atom is -0.0767 e. The molecule has 1 saturated carbocycles. The van der Waals surface area contributed by atoms with Gasteiger partial charge < -0.3 is 0 Å². The minimum atomic E-state index is 0.595. The standard InChI is InChI=1S/C10H14.C2H6/c1-8-3-4-9(7-8)10(2)5-6-10;1-2/h4,7H,3,5-6H2,1-2H3;1-2H3. The van der Waals surface area contributed by atoms with Gasteiger partial charge in [0.2, 0.25) is 0 Å². The molecule has 0 unspecified atom stereocenters. The van der Waals surface area contributed by atoms with Crippen LogP contribution in [0.5, 0.6) is 0 Å². The first kappa shape index (κ1) is 9.57. The van der Waals surface area contributed by atoms with Crippen LogP contribution in [0.4, 0.5) is 0 Å². The van der Waals surface area contributed by atoms with Crippen molar-refractivity contribution in [1.82, 2.24) is 0 Å². The molecule has 0 aromatic carbocycles. The normalized spacial score (nSPS) is 23.7. The molecule has 0 saturated heterocycles. The highest BCUT2D eigenvalue weighted by Gasteiger charge is 2.40. The van der Waals surface area contributed by atoms with Gasteiger partial charge in [0.1, 0.15) is 0 Å². The third-order valence-electron chi connectivity index (χ3n) is 2.74. The Labute approximate surface area is 76.4 Å². The molecule has 0 aromatic rings. The van der Waals surface area contributed by atoms with E-state index in [-0.39, 0.29) is 0 Å². The molecule has 1 fully saturated rings. The molecule has 0 amide bonds. The first-order valence-electron chi connectivity index (χ1n) is 5.08. The molecule has 0 bridgehead atoms. The van der Waals surface area contributed by atoms with Crippen LogP contribution in [0.25, 0.3) is 0 Å². The van der Waals surface area contributed by atoms with E-state index in [0.717, 1.165) is 0 Å². The predicted molar refractivity (Wildman–Crippen MR) is 55.1 cm³/mol. The summed E-state index contributed by atoms with van der Waals surface area (Å²) in [5.74, 6) is 0. The Morgan fingerprint density at radius 3 is 2.17 bits per heavy atom. The number of hydrogen-bond acceptors (Lipinski definition) is 0. The quantitative estimate of drug-likeness (QED) is 0.547. The Kier molecular flexibility index (Phi) is 2.76. The van der Waals surface area contributed by atoms with E-state index in [1.807, 2.05) is 13.8 Å². The van der Waals surface area contributed by atoms with Crippen LogP contribution in [0, 0.1) is 5.41 Å². The summed E-state index contributed by atoms with van der Waals surface area (Å²) in [6, 6.07) is 0. The molecule has 2 aliphatic rings. The molecular formula is C12H20. The Morgan fingerprint density at radius 2 is 1.83 bits per heavy atom. The largest absolute Gasteiger partial charge is 0.0767 e. The Hall–Kier alpha value is -0.520. The third-order valence-corrected chi connectivity index (χ3v) is 2.74. The average Bonchev–Trinajstić information content (AvgIpc) is 2.66. The van der Waals surface area contributed by atoms with E-state index in [1.165, 1.54) is 24.8 Å². The molecule has 2 rings (SSSR count). The average molecular weight is 164 g/mol. The van der Waals surface area contributed by atoms with Crippen molar-refractivity contribution in [3.63, 3.8) is 0 Å². The summed E-state index contributed by atoms with van der Waals surface area (Å²) >= 11 is 0. The van der Waals surface area contributed by atoms with Crippen molar-refractivity contribution in [3.05, 3.63) is 23.3 Å². The molecule has 0 nitrogen and oxygen atoms in total. The molecule has 0 aliphatic heterocycles. The molecule has 12 heavy (non-hydrogen) atoms. The second-order valence-electron chi connectivity index (χ2n) is 3.91. The van der Waals surface area contributed by atoms with Crippen LogP contribution in [0.15, 0.2) is 23.3 Å². The van der Waals surface area contributed by atoms with Crippen molar-refractivity contribution < 1.29 is 0 Å². The monoisotopic (exact) mass is 164 g/mol. The van der Waals surface area contributed by atoms with Crippen molar-refractivity contribution in [1.29, 1.82) is 0 Å². The van der Waals surface area contributed by atoms with Crippen molar-refractivity contribution in [2.45, 2.75) is 47.0 Å². The van der Waals surface area contributed by atoms with Crippen LogP contribution >= 0.6 is 0 Å². The zero-order valence-corrected chi connectivity index (χ0v) is 8.78. The maximum absolute atomic E-state index is 2.39. The van der Waals surface area contributed by atoms with Crippen LogP contribution in [-0.4, -0.2) is 0 Å². The molecule has 0 aromatic heterocycles. The summed E-state index contributed by atoms with van der Waals surface area (Å²) in [6.45, 7) is 8.59. The van der Waals surface area contributed by atoms with Crippen molar-refractivity contribution in [2.75, 3.05) is 0 Å². The van der Waals surface area contributed by atoms with Gasteiger partial charge in [0.25, 0.3) is 0 Å². The summed E-state index contributed by atoms with van der Waals surface area (Å²) in [5, 5.41) is 0. The van der Waals surface area contributed by atoms with Crippen LogP contribution in [0.2, 0.25) is 0 Å². The van der Waals surface area contributed by atoms with Gasteiger partial charge in [-0.05, 0) is 37.2 Å². The van der Waals surface area contributed by atoms with E-state index in [0.29, 0.717) is 5.41 Å². The van der Waals surface area contributed by atoms with E-state index in [1.54, 1.807) is 5.57 Å². The molecule has 0 radical (unpaired) electrons. The van der Waals surface area contributed by atoms with Gasteiger partial charge in [-0.3, -0.25) is 0 Å². The van der Waals surface area contributed by atoms with Crippen molar-refractivity contribution in [2.24, 2.45) is 5.41 Å². The third kappa shape index (κ3) is 1.80. The van der Waals surface area contributed by atoms with Crippen LogP contribution in [0.1, 0.15) is 47.0 Å². The van der Waals surface area contributed by atoms with Crippen molar-refractivity contribution >= 4 is 0 Å². The second-order valence-corrected chi connectivity index (χ2v) is 3.91. The highest BCUT2D eigenvalue weighted by Crippen LogP contribution is 2.53. The van der Waals surface area contributed by atoms with Gasteiger partial charge in [0.05, 0.1) is 0 Å². The van der Waals surface area contributed by atoms with Gasteiger partial charge in [-0.2, -0.15) is 0 Å². The first-order valence-corrected chi connectivity index (χ1v) is 5.08. The lowest BCUT2D eigenvalue weighted by atomic mass is 10.00. The predicted octanol–water partition coefficient (Wildman–Crippen LogP) is 4.09. The van der Waals surface area contributed by atoms with Crippen LogP contribution < -0.4 is 0 Å². The zero-order chi connectivity index (χ0) is 9.19. The van der Waals surface area contributed by atoms with Crippen LogP contribution in [-0.2, 0) is 0 Å². The van der Waals surface area contributed by atoms with Crippen molar-refractivity contribution in [3.8, 4) is 0 Å². The lowest BCUT2D eigenvalue weighted by Crippen LogP contribution is -1.92. The summed E-state index contributed by atoms with van der Waals surface area (Å²) in [6.07, 6.45) is 8.77. The van der Waals surface area contributed by atoms with E-state index < -0.39 is 0 Å². The fourth-order valence-corrected chi connectivity index (χ4v) is 1.55. The van der Waals surface area contributed by atoms with E-state index in [2.05, 4.69) is 26.0 Å². The minimum absolute atomic E-state index is 0.595. The molecule has 0 N–H and O–H groups in total. The first-order chi connectivity index (χ1) is 5.71. The summed E-state index contributed by atoms with van der Waals surface area (Å²) < 4.78 is 0. The highest BCUT2D eigenvalue weighted by molar-refractivity contribution is 5.39. The van der Waals surface area contributed by atoms with E-state index >= 15 is 0 Å². The summed E-state index contributed by atoms with van der Waals surface area (Å²) in [4.78, 5) is 0. The number of rotatable bonds is 1. The number of allylic oxidation sites excluding steroid dienone is 4. The van der Waals surface area contributed by atoms with Gasteiger partial charge in [0.15, 0.2) is 0 Å². The lowest BCUT2D eigenvalue weighted by molar-refractivity contribution is 0.710. The second kappa shape index (κ2) is 3.47.